The molecule has 0 amide bonds. The smallest absolute Gasteiger partial charge is 0.331 e. The number of aromatic nitrogens is 2. The SMILES string of the molecule is C#C[C@@]1(n2ccc(=O)[nH]c2=O)O[C@](F)(COC(=O)[C@@H](N)C(C)C)[C@@H](O)[C@H]1O. The predicted octanol–water partition coefficient (Wildman–Crippen LogP) is -2.23. The molecule has 0 spiro atoms. The molecule has 0 unspecified atom stereocenters. The van der Waals surface area contributed by atoms with Gasteiger partial charge in [-0.25, -0.2) is 9.18 Å². The molecular formula is C16H20FN3O7. The number of nitrogens with zero attached hydrogens (tertiary/aromatic N) is 1. The van der Waals surface area contributed by atoms with Gasteiger partial charge in [-0.05, 0) is 11.8 Å². The van der Waals surface area contributed by atoms with Crippen LogP contribution in [-0.4, -0.2) is 56.4 Å². The summed E-state index contributed by atoms with van der Waals surface area (Å²) < 4.78 is 25.4. The van der Waals surface area contributed by atoms with Crippen LogP contribution in [0.3, 0.4) is 0 Å². The minimum Gasteiger partial charge on any atom is -0.458 e. The van der Waals surface area contributed by atoms with Crippen LogP contribution in [0.5, 0.6) is 0 Å². The van der Waals surface area contributed by atoms with E-state index in [0.29, 0.717) is 4.57 Å². The molecule has 5 N–H and O–H groups in total. The van der Waals surface area contributed by atoms with Crippen LogP contribution in [0, 0.1) is 18.3 Å². The highest BCUT2D eigenvalue weighted by Gasteiger charge is 2.65. The number of H-pyrrole nitrogens is 1. The van der Waals surface area contributed by atoms with Crippen molar-refractivity contribution in [3.63, 3.8) is 0 Å². The average Bonchev–Trinajstić information content (AvgIpc) is 2.81. The highest BCUT2D eigenvalue weighted by molar-refractivity contribution is 5.75. The number of aliphatic hydroxyl groups excluding tert-OH is 2. The second kappa shape index (κ2) is 7.24. The Morgan fingerprint density at radius 1 is 1.52 bits per heavy atom. The summed E-state index contributed by atoms with van der Waals surface area (Å²) in [5.41, 5.74) is 1.24. The van der Waals surface area contributed by atoms with E-state index in [1.807, 2.05) is 10.9 Å². The van der Waals surface area contributed by atoms with Crippen molar-refractivity contribution in [2.75, 3.05) is 6.61 Å². The number of nitrogens with one attached hydrogen (secondary N) is 1. The quantitative estimate of drug-likeness (QED) is 0.328. The first-order valence-corrected chi connectivity index (χ1v) is 7.96. The Morgan fingerprint density at radius 2 is 2.15 bits per heavy atom. The molecule has 2 rings (SSSR count). The molecule has 0 saturated carbocycles. The number of aliphatic hydroxyl groups is 2. The second-order valence-electron chi connectivity index (χ2n) is 6.48. The summed E-state index contributed by atoms with van der Waals surface area (Å²) in [7, 11) is 0. The van der Waals surface area contributed by atoms with Crippen LogP contribution in [0.15, 0.2) is 21.9 Å². The fourth-order valence-corrected chi connectivity index (χ4v) is 2.54. The third kappa shape index (κ3) is 3.52. The second-order valence-corrected chi connectivity index (χ2v) is 6.48. The minimum absolute atomic E-state index is 0.294. The number of halogens is 1. The summed E-state index contributed by atoms with van der Waals surface area (Å²) in [5, 5.41) is 20.4. The Kier molecular flexibility index (Phi) is 5.58. The Morgan fingerprint density at radius 3 is 2.67 bits per heavy atom. The van der Waals surface area contributed by atoms with Gasteiger partial charge in [0.25, 0.3) is 11.4 Å². The number of ether oxygens (including phenoxy) is 2. The maximum absolute atomic E-state index is 15.1. The molecule has 0 radical (unpaired) electrons. The highest BCUT2D eigenvalue weighted by atomic mass is 19.2. The van der Waals surface area contributed by atoms with Gasteiger partial charge in [0, 0.05) is 12.3 Å². The van der Waals surface area contributed by atoms with Crippen LogP contribution in [0.4, 0.5) is 4.39 Å². The molecule has 148 valence electrons. The Labute approximate surface area is 152 Å². The van der Waals surface area contributed by atoms with E-state index >= 15 is 4.39 Å². The molecule has 27 heavy (non-hydrogen) atoms. The van der Waals surface area contributed by atoms with Crippen molar-refractivity contribution in [3.8, 4) is 12.3 Å². The number of rotatable bonds is 5. The standard InChI is InChI=1S/C16H20FN3O7/c1-4-16(20-6-5-9(21)19-14(20)25)12(23)11(22)15(17,27-16)7-26-13(24)10(18)8(2)3/h1,5-6,8,10-12,22-23H,7,18H2,2-3H3,(H,19,21,25)/t10-,11-,12+,15+,16+/m0/s1. The fraction of sp³-hybridized carbons (Fsp3) is 0.562. The van der Waals surface area contributed by atoms with Crippen LogP contribution in [0.25, 0.3) is 0 Å². The number of aromatic amines is 1. The first-order valence-electron chi connectivity index (χ1n) is 7.96. The van der Waals surface area contributed by atoms with Gasteiger partial charge >= 0.3 is 11.7 Å². The molecule has 1 fully saturated rings. The lowest BCUT2D eigenvalue weighted by Gasteiger charge is -2.28. The molecule has 1 aliphatic rings. The number of terminal acetylenes is 1. The summed E-state index contributed by atoms with van der Waals surface area (Å²) in [4.78, 5) is 36.9. The van der Waals surface area contributed by atoms with Crippen molar-refractivity contribution in [1.29, 1.82) is 0 Å². The molecular weight excluding hydrogens is 365 g/mol. The normalized spacial score (nSPS) is 31.5. The lowest BCUT2D eigenvalue weighted by atomic mass is 10.0. The van der Waals surface area contributed by atoms with Crippen LogP contribution in [0.2, 0.25) is 0 Å². The van der Waals surface area contributed by atoms with Gasteiger partial charge in [0.05, 0.1) is 0 Å². The summed E-state index contributed by atoms with van der Waals surface area (Å²) in [5.74, 6) is -2.46. The third-order valence-corrected chi connectivity index (χ3v) is 4.26. The van der Waals surface area contributed by atoms with Crippen molar-refractivity contribution < 1.29 is 28.9 Å². The average molecular weight is 385 g/mol. The van der Waals surface area contributed by atoms with Gasteiger partial charge in [0.1, 0.15) is 18.2 Å². The predicted molar refractivity (Wildman–Crippen MR) is 88.8 cm³/mol. The van der Waals surface area contributed by atoms with E-state index in [1.165, 1.54) is 0 Å². The summed E-state index contributed by atoms with van der Waals surface area (Å²) >= 11 is 0. The molecule has 0 bridgehead atoms. The van der Waals surface area contributed by atoms with E-state index in [1.54, 1.807) is 13.8 Å². The summed E-state index contributed by atoms with van der Waals surface area (Å²) in [6, 6.07) is -0.153. The van der Waals surface area contributed by atoms with Gasteiger partial charge in [-0.2, -0.15) is 0 Å². The van der Waals surface area contributed by atoms with E-state index in [2.05, 4.69) is 0 Å². The molecule has 0 aromatic carbocycles. The number of alkyl halides is 1. The molecule has 0 aliphatic carbocycles. The van der Waals surface area contributed by atoms with E-state index in [4.69, 9.17) is 21.6 Å². The lowest BCUT2D eigenvalue weighted by molar-refractivity contribution is -0.234. The number of carbonyl (C=O) groups is 1. The van der Waals surface area contributed by atoms with E-state index in [0.717, 1.165) is 12.3 Å². The summed E-state index contributed by atoms with van der Waals surface area (Å²) in [6.07, 6.45) is 1.83. The van der Waals surface area contributed by atoms with Crippen LogP contribution in [0.1, 0.15) is 13.8 Å². The van der Waals surface area contributed by atoms with Crippen molar-refractivity contribution >= 4 is 5.97 Å². The Bertz CT molecular complexity index is 876. The highest BCUT2D eigenvalue weighted by Crippen LogP contribution is 2.42. The molecule has 1 aliphatic heterocycles. The number of carbonyl (C=O) groups excluding carboxylic acids is 1. The van der Waals surface area contributed by atoms with Crippen LogP contribution < -0.4 is 17.0 Å². The fourth-order valence-electron chi connectivity index (χ4n) is 2.54. The van der Waals surface area contributed by atoms with Crippen molar-refractivity contribution in [1.82, 2.24) is 9.55 Å². The lowest BCUT2D eigenvalue weighted by Crippen LogP contribution is -2.50. The van der Waals surface area contributed by atoms with Crippen LogP contribution in [-0.2, 0) is 20.0 Å². The number of hydrogen-bond acceptors (Lipinski definition) is 8. The Balaban J connectivity index is 2.35. The zero-order chi connectivity index (χ0) is 20.6. The first-order chi connectivity index (χ1) is 12.5. The van der Waals surface area contributed by atoms with Crippen molar-refractivity contribution in [2.45, 2.75) is 43.7 Å². The van der Waals surface area contributed by atoms with E-state index < -0.39 is 53.7 Å². The maximum atomic E-state index is 15.1. The molecule has 10 nitrogen and oxygen atoms in total. The molecule has 11 heteroatoms. The van der Waals surface area contributed by atoms with E-state index in [9.17, 15) is 24.6 Å². The maximum Gasteiger partial charge on any atom is 0.331 e. The summed E-state index contributed by atoms with van der Waals surface area (Å²) in [6.45, 7) is 2.16. The van der Waals surface area contributed by atoms with Gasteiger partial charge in [0.2, 0.25) is 5.72 Å². The monoisotopic (exact) mass is 385 g/mol. The van der Waals surface area contributed by atoms with Gasteiger partial charge in [-0.15, -0.1) is 6.42 Å². The van der Waals surface area contributed by atoms with Gasteiger partial charge in [-0.1, -0.05) is 13.8 Å². The third-order valence-electron chi connectivity index (χ3n) is 4.26. The molecule has 5 atom stereocenters. The van der Waals surface area contributed by atoms with Crippen LogP contribution >= 0.6 is 0 Å². The molecule has 1 aromatic rings. The number of nitrogens with two attached hydrogens (primary N) is 1. The molecule has 2 heterocycles. The topological polar surface area (TPSA) is 157 Å². The van der Waals surface area contributed by atoms with Crippen molar-refractivity contribution in [3.05, 3.63) is 33.1 Å². The van der Waals surface area contributed by atoms with Crippen molar-refractivity contribution in [2.24, 2.45) is 11.7 Å². The minimum atomic E-state index is -3.13. The zero-order valence-electron chi connectivity index (χ0n) is 14.6. The Hall–Kier alpha value is -2.52. The molecule has 1 saturated heterocycles. The van der Waals surface area contributed by atoms with Gasteiger partial charge < -0.3 is 20.7 Å². The van der Waals surface area contributed by atoms with Gasteiger partial charge in [-0.3, -0.25) is 23.9 Å². The first kappa shape index (κ1) is 20.8. The largest absolute Gasteiger partial charge is 0.458 e. The number of esters is 1. The zero-order valence-corrected chi connectivity index (χ0v) is 14.6. The molecule has 1 aromatic heterocycles. The van der Waals surface area contributed by atoms with Gasteiger partial charge in [0.15, 0.2) is 6.61 Å². The van der Waals surface area contributed by atoms with E-state index in [-0.39, 0.29) is 5.92 Å². The number of hydrogen-bond donors (Lipinski definition) is 4.